The Hall–Kier alpha value is -3.61. The largest absolute Gasteiger partial charge is 0.494 e. The molecular formula is C27H32N4O3. The van der Waals surface area contributed by atoms with E-state index >= 15 is 0 Å². The summed E-state index contributed by atoms with van der Waals surface area (Å²) in [6.45, 7) is 11.1. The molecule has 0 aliphatic carbocycles. The molecule has 34 heavy (non-hydrogen) atoms. The monoisotopic (exact) mass is 460 g/mol. The zero-order chi connectivity index (χ0) is 24.1. The van der Waals surface area contributed by atoms with Crippen LogP contribution in [0.15, 0.2) is 54.6 Å². The molecule has 1 fully saturated rings. The van der Waals surface area contributed by atoms with E-state index in [2.05, 4.69) is 21.2 Å². The molecule has 7 heteroatoms. The first-order valence-electron chi connectivity index (χ1n) is 11.8. The lowest BCUT2D eigenvalue weighted by Gasteiger charge is -2.36. The highest BCUT2D eigenvalue weighted by Crippen LogP contribution is 2.23. The summed E-state index contributed by atoms with van der Waals surface area (Å²) < 4.78 is 11.4. The van der Waals surface area contributed by atoms with Gasteiger partial charge in [0.05, 0.1) is 12.3 Å². The number of rotatable bonds is 7. The highest BCUT2D eigenvalue weighted by molar-refractivity contribution is 5.81. The number of amides is 1. The second kappa shape index (κ2) is 10.5. The van der Waals surface area contributed by atoms with E-state index in [4.69, 9.17) is 9.47 Å². The van der Waals surface area contributed by atoms with Gasteiger partial charge in [-0.3, -0.25) is 4.79 Å². The molecule has 0 saturated carbocycles. The minimum Gasteiger partial charge on any atom is -0.494 e. The Balaban J connectivity index is 1.31. The number of nitrogens with zero attached hydrogens (tertiary/aromatic N) is 4. The van der Waals surface area contributed by atoms with Crippen molar-refractivity contribution >= 4 is 11.7 Å². The maximum absolute atomic E-state index is 12.9. The van der Waals surface area contributed by atoms with Gasteiger partial charge in [-0.25, -0.2) is 0 Å². The highest BCUT2D eigenvalue weighted by atomic mass is 16.5. The summed E-state index contributed by atoms with van der Waals surface area (Å²) in [6, 6.07) is 17.8. The Morgan fingerprint density at radius 2 is 1.59 bits per heavy atom. The van der Waals surface area contributed by atoms with Gasteiger partial charge in [-0.15, -0.1) is 10.2 Å². The molecule has 0 radical (unpaired) electrons. The van der Waals surface area contributed by atoms with E-state index in [0.29, 0.717) is 32.8 Å². The predicted octanol–water partition coefficient (Wildman–Crippen LogP) is 4.28. The standard InChI is InChI=1S/C27H32N4O3/c1-5-33-23-8-6-22(7-9-23)25-10-11-26(29-28-25)30-12-14-31(15-13-30)27(32)21(4)34-24-17-19(2)16-20(3)18-24/h6-11,16-18,21H,5,12-15H2,1-4H3. The smallest absolute Gasteiger partial charge is 0.263 e. The first-order valence-corrected chi connectivity index (χ1v) is 11.8. The van der Waals surface area contributed by atoms with Crippen molar-refractivity contribution in [2.45, 2.75) is 33.8 Å². The van der Waals surface area contributed by atoms with Crippen LogP contribution < -0.4 is 14.4 Å². The number of aromatic nitrogens is 2. The molecule has 1 aliphatic heterocycles. The van der Waals surface area contributed by atoms with Crippen molar-refractivity contribution in [2.75, 3.05) is 37.7 Å². The number of hydrogen-bond donors (Lipinski definition) is 0. The van der Waals surface area contributed by atoms with E-state index < -0.39 is 6.10 Å². The minimum atomic E-state index is -0.527. The third-order valence-corrected chi connectivity index (χ3v) is 5.88. The predicted molar refractivity (Wildman–Crippen MR) is 133 cm³/mol. The second-order valence-electron chi connectivity index (χ2n) is 8.63. The van der Waals surface area contributed by atoms with Crippen LogP contribution in [0.3, 0.4) is 0 Å². The van der Waals surface area contributed by atoms with Gasteiger partial charge < -0.3 is 19.3 Å². The average molecular weight is 461 g/mol. The van der Waals surface area contributed by atoms with Gasteiger partial charge in [-0.2, -0.15) is 0 Å². The maximum Gasteiger partial charge on any atom is 0.263 e. The molecule has 0 spiro atoms. The summed E-state index contributed by atoms with van der Waals surface area (Å²) in [7, 11) is 0. The first kappa shape index (κ1) is 23.5. The molecule has 1 aliphatic rings. The number of hydrogen-bond acceptors (Lipinski definition) is 6. The van der Waals surface area contributed by atoms with Gasteiger partial charge >= 0.3 is 0 Å². The quantitative estimate of drug-likeness (QED) is 0.524. The average Bonchev–Trinajstić information content (AvgIpc) is 2.84. The molecule has 1 saturated heterocycles. The normalized spacial score (nSPS) is 14.6. The fourth-order valence-electron chi connectivity index (χ4n) is 4.20. The van der Waals surface area contributed by atoms with Gasteiger partial charge in [0.15, 0.2) is 11.9 Å². The Bertz CT molecular complexity index is 1090. The zero-order valence-electron chi connectivity index (χ0n) is 20.3. The van der Waals surface area contributed by atoms with Gasteiger partial charge in [-0.1, -0.05) is 6.07 Å². The Labute approximate surface area is 201 Å². The lowest BCUT2D eigenvalue weighted by Crippen LogP contribution is -2.52. The number of ether oxygens (including phenoxy) is 2. The van der Waals surface area contributed by atoms with Crippen molar-refractivity contribution in [1.82, 2.24) is 15.1 Å². The number of carbonyl (C=O) groups excluding carboxylic acids is 1. The first-order chi connectivity index (χ1) is 16.4. The van der Waals surface area contributed by atoms with Crippen LogP contribution in [0.25, 0.3) is 11.3 Å². The lowest BCUT2D eigenvalue weighted by molar-refractivity contribution is -0.138. The van der Waals surface area contributed by atoms with E-state index in [-0.39, 0.29) is 5.91 Å². The van der Waals surface area contributed by atoms with Gasteiger partial charge in [0.2, 0.25) is 0 Å². The summed E-state index contributed by atoms with van der Waals surface area (Å²) in [6.07, 6.45) is -0.527. The topological polar surface area (TPSA) is 67.8 Å². The third-order valence-electron chi connectivity index (χ3n) is 5.88. The van der Waals surface area contributed by atoms with E-state index in [1.165, 1.54) is 0 Å². The van der Waals surface area contributed by atoms with Crippen LogP contribution in [0.4, 0.5) is 5.82 Å². The summed E-state index contributed by atoms with van der Waals surface area (Å²) in [4.78, 5) is 17.0. The summed E-state index contributed by atoms with van der Waals surface area (Å²) in [5.74, 6) is 2.41. The van der Waals surface area contributed by atoms with E-state index in [0.717, 1.165) is 39.7 Å². The molecule has 7 nitrogen and oxygen atoms in total. The van der Waals surface area contributed by atoms with Crippen LogP contribution >= 0.6 is 0 Å². The van der Waals surface area contributed by atoms with E-state index in [1.54, 1.807) is 0 Å². The Morgan fingerprint density at radius 1 is 0.912 bits per heavy atom. The summed E-state index contributed by atoms with van der Waals surface area (Å²) in [5.41, 5.74) is 4.06. The van der Waals surface area contributed by atoms with Crippen molar-refractivity contribution < 1.29 is 14.3 Å². The fourth-order valence-corrected chi connectivity index (χ4v) is 4.20. The number of aryl methyl sites for hydroxylation is 2. The molecule has 1 aromatic heterocycles. The number of benzene rings is 2. The summed E-state index contributed by atoms with van der Waals surface area (Å²) in [5, 5.41) is 8.84. The van der Waals surface area contributed by atoms with Gasteiger partial charge in [0.1, 0.15) is 11.5 Å². The van der Waals surface area contributed by atoms with Crippen molar-refractivity contribution in [2.24, 2.45) is 0 Å². The Kier molecular flexibility index (Phi) is 7.30. The molecule has 0 N–H and O–H groups in total. The lowest BCUT2D eigenvalue weighted by atomic mass is 10.1. The highest BCUT2D eigenvalue weighted by Gasteiger charge is 2.26. The van der Waals surface area contributed by atoms with Gasteiger partial charge in [0, 0.05) is 31.7 Å². The summed E-state index contributed by atoms with van der Waals surface area (Å²) >= 11 is 0. The molecule has 178 valence electrons. The number of carbonyl (C=O) groups is 1. The molecule has 4 rings (SSSR count). The number of piperazine rings is 1. The van der Waals surface area contributed by atoms with Gasteiger partial charge in [-0.05, 0) is 87.4 Å². The Morgan fingerprint density at radius 3 is 2.18 bits per heavy atom. The van der Waals surface area contributed by atoms with E-state index in [9.17, 15) is 4.79 Å². The molecule has 1 atom stereocenters. The van der Waals surface area contributed by atoms with Crippen LogP contribution in [0.5, 0.6) is 11.5 Å². The molecule has 2 heterocycles. The maximum atomic E-state index is 12.9. The van der Waals surface area contributed by atoms with Crippen LogP contribution in [-0.4, -0.2) is 59.9 Å². The SMILES string of the molecule is CCOc1ccc(-c2ccc(N3CCN(C(=O)C(C)Oc4cc(C)cc(C)c4)CC3)nn2)cc1. The van der Waals surface area contributed by atoms with Crippen molar-refractivity contribution in [3.63, 3.8) is 0 Å². The molecule has 3 aromatic rings. The third kappa shape index (κ3) is 5.65. The number of anilines is 1. The molecule has 2 aromatic carbocycles. The zero-order valence-corrected chi connectivity index (χ0v) is 20.3. The fraction of sp³-hybridized carbons (Fsp3) is 0.370. The van der Waals surface area contributed by atoms with Crippen molar-refractivity contribution in [3.05, 3.63) is 65.7 Å². The van der Waals surface area contributed by atoms with Crippen molar-refractivity contribution in [1.29, 1.82) is 0 Å². The van der Waals surface area contributed by atoms with Crippen LogP contribution in [-0.2, 0) is 4.79 Å². The van der Waals surface area contributed by atoms with Crippen molar-refractivity contribution in [3.8, 4) is 22.8 Å². The van der Waals surface area contributed by atoms with Crippen LogP contribution in [0, 0.1) is 13.8 Å². The molecule has 1 unspecified atom stereocenters. The minimum absolute atomic E-state index is 0.00995. The second-order valence-corrected chi connectivity index (χ2v) is 8.63. The van der Waals surface area contributed by atoms with Crippen LogP contribution in [0.1, 0.15) is 25.0 Å². The van der Waals surface area contributed by atoms with E-state index in [1.807, 2.05) is 81.1 Å². The molecule has 0 bridgehead atoms. The van der Waals surface area contributed by atoms with Gasteiger partial charge in [0.25, 0.3) is 5.91 Å². The van der Waals surface area contributed by atoms with Crippen LogP contribution in [0.2, 0.25) is 0 Å². The molecular weight excluding hydrogens is 428 g/mol. The molecule has 1 amide bonds.